The van der Waals surface area contributed by atoms with Gasteiger partial charge in [0.1, 0.15) is 0 Å². The number of halogens is 1. The fraction of sp³-hybridized carbons (Fsp3) is 0.583. The van der Waals surface area contributed by atoms with E-state index in [-0.39, 0.29) is 11.8 Å². The van der Waals surface area contributed by atoms with E-state index < -0.39 is 0 Å². The molecule has 0 N–H and O–H groups in total. The maximum Gasteiger partial charge on any atom is 0.226 e. The van der Waals surface area contributed by atoms with Gasteiger partial charge in [0.15, 0.2) is 0 Å². The first kappa shape index (κ1) is 13.3. The van der Waals surface area contributed by atoms with Crippen LogP contribution < -0.4 is 4.90 Å². The summed E-state index contributed by atoms with van der Waals surface area (Å²) in [7, 11) is 3.61. The van der Waals surface area contributed by atoms with Gasteiger partial charge >= 0.3 is 0 Å². The number of carbonyl (C=O) groups excluding carboxylic acids is 1. The Bertz CT molecular complexity index is 421. The molecule has 18 heavy (non-hydrogen) atoms. The highest BCUT2D eigenvalue weighted by atomic mass is 79.9. The van der Waals surface area contributed by atoms with Gasteiger partial charge in [-0.25, -0.2) is 9.97 Å². The summed E-state index contributed by atoms with van der Waals surface area (Å²) in [6.45, 7) is 1.62. The second-order valence-electron chi connectivity index (χ2n) is 4.72. The van der Waals surface area contributed by atoms with Gasteiger partial charge in [-0.2, -0.15) is 0 Å². The van der Waals surface area contributed by atoms with E-state index in [4.69, 9.17) is 0 Å². The summed E-state index contributed by atoms with van der Waals surface area (Å²) in [5.74, 6) is 0.951. The minimum Gasteiger partial charge on any atom is -0.349 e. The molecular weight excluding hydrogens is 296 g/mol. The Morgan fingerprint density at radius 3 is 2.72 bits per heavy atom. The zero-order valence-electron chi connectivity index (χ0n) is 10.6. The quantitative estimate of drug-likeness (QED) is 0.831. The molecule has 1 amide bonds. The molecule has 0 bridgehead atoms. The standard InChI is InChI=1S/C12H17BrN4O/c1-16(2)11(18)9-4-3-5-17(8-9)12-14-6-10(13)7-15-12/h6-7,9H,3-5,8H2,1-2H3. The van der Waals surface area contributed by atoms with Crippen LogP contribution in [-0.4, -0.2) is 48.0 Å². The van der Waals surface area contributed by atoms with Crippen LogP contribution in [0.2, 0.25) is 0 Å². The first-order chi connectivity index (χ1) is 8.58. The third-order valence-electron chi connectivity index (χ3n) is 3.10. The van der Waals surface area contributed by atoms with E-state index in [9.17, 15) is 4.79 Å². The van der Waals surface area contributed by atoms with Gasteiger partial charge in [0, 0.05) is 39.6 Å². The van der Waals surface area contributed by atoms with Gasteiger partial charge in [0.2, 0.25) is 11.9 Å². The van der Waals surface area contributed by atoms with Crippen LogP contribution in [0.4, 0.5) is 5.95 Å². The molecule has 1 saturated heterocycles. The summed E-state index contributed by atoms with van der Waals surface area (Å²) in [6, 6.07) is 0. The molecule has 0 radical (unpaired) electrons. The molecule has 0 spiro atoms. The molecule has 2 heterocycles. The molecule has 0 saturated carbocycles. The van der Waals surface area contributed by atoms with Crippen molar-refractivity contribution in [1.29, 1.82) is 0 Å². The van der Waals surface area contributed by atoms with Gasteiger partial charge in [-0.05, 0) is 28.8 Å². The fourth-order valence-electron chi connectivity index (χ4n) is 2.19. The minimum atomic E-state index is 0.0565. The summed E-state index contributed by atoms with van der Waals surface area (Å²) < 4.78 is 0.865. The van der Waals surface area contributed by atoms with Crippen molar-refractivity contribution in [1.82, 2.24) is 14.9 Å². The lowest BCUT2D eigenvalue weighted by Gasteiger charge is -2.33. The van der Waals surface area contributed by atoms with Crippen molar-refractivity contribution in [2.45, 2.75) is 12.8 Å². The third-order valence-corrected chi connectivity index (χ3v) is 3.51. The fourth-order valence-corrected chi connectivity index (χ4v) is 2.40. The predicted octanol–water partition coefficient (Wildman–Crippen LogP) is 1.54. The highest BCUT2D eigenvalue weighted by molar-refractivity contribution is 9.10. The molecule has 1 unspecified atom stereocenters. The van der Waals surface area contributed by atoms with Gasteiger partial charge in [-0.15, -0.1) is 0 Å². The van der Waals surface area contributed by atoms with E-state index in [1.807, 2.05) is 0 Å². The predicted molar refractivity (Wildman–Crippen MR) is 73.4 cm³/mol. The Morgan fingerprint density at radius 1 is 1.44 bits per heavy atom. The topological polar surface area (TPSA) is 49.3 Å². The molecule has 6 heteroatoms. The van der Waals surface area contributed by atoms with E-state index in [1.165, 1.54) is 0 Å². The van der Waals surface area contributed by atoms with Gasteiger partial charge in [0.25, 0.3) is 0 Å². The monoisotopic (exact) mass is 312 g/mol. The molecule has 1 aliphatic rings. The van der Waals surface area contributed by atoms with E-state index in [0.29, 0.717) is 12.5 Å². The molecule has 98 valence electrons. The molecular formula is C12H17BrN4O. The van der Waals surface area contributed by atoms with Crippen LogP contribution in [0.5, 0.6) is 0 Å². The number of nitrogens with zero attached hydrogens (tertiary/aromatic N) is 4. The summed E-state index contributed by atoms with van der Waals surface area (Å²) in [5.41, 5.74) is 0. The summed E-state index contributed by atoms with van der Waals surface area (Å²) in [5, 5.41) is 0. The van der Waals surface area contributed by atoms with Crippen LogP contribution in [0.15, 0.2) is 16.9 Å². The van der Waals surface area contributed by atoms with Crippen molar-refractivity contribution in [2.75, 3.05) is 32.1 Å². The Labute approximate surface area is 115 Å². The lowest BCUT2D eigenvalue weighted by atomic mass is 9.97. The highest BCUT2D eigenvalue weighted by Crippen LogP contribution is 2.21. The van der Waals surface area contributed by atoms with E-state index in [1.54, 1.807) is 31.4 Å². The van der Waals surface area contributed by atoms with Gasteiger partial charge < -0.3 is 9.80 Å². The number of carbonyl (C=O) groups is 1. The summed E-state index contributed by atoms with van der Waals surface area (Å²) >= 11 is 3.32. The number of piperidine rings is 1. The zero-order chi connectivity index (χ0) is 13.1. The number of anilines is 1. The van der Waals surface area contributed by atoms with Gasteiger partial charge in [-0.3, -0.25) is 4.79 Å². The Kier molecular flexibility index (Phi) is 4.16. The van der Waals surface area contributed by atoms with Crippen molar-refractivity contribution in [3.05, 3.63) is 16.9 Å². The molecule has 1 aliphatic heterocycles. The van der Waals surface area contributed by atoms with Gasteiger partial charge in [0.05, 0.1) is 10.4 Å². The van der Waals surface area contributed by atoms with Crippen molar-refractivity contribution in [2.24, 2.45) is 5.92 Å². The van der Waals surface area contributed by atoms with Crippen LogP contribution in [0.1, 0.15) is 12.8 Å². The molecule has 1 aromatic rings. The molecule has 1 fully saturated rings. The number of hydrogen-bond acceptors (Lipinski definition) is 4. The van der Waals surface area contributed by atoms with Gasteiger partial charge in [-0.1, -0.05) is 0 Å². The highest BCUT2D eigenvalue weighted by Gasteiger charge is 2.27. The second-order valence-corrected chi connectivity index (χ2v) is 5.63. The molecule has 0 aliphatic carbocycles. The lowest BCUT2D eigenvalue weighted by molar-refractivity contribution is -0.133. The first-order valence-electron chi connectivity index (χ1n) is 6.01. The number of amides is 1. The van der Waals surface area contributed by atoms with Crippen LogP contribution >= 0.6 is 15.9 Å². The number of hydrogen-bond donors (Lipinski definition) is 0. The number of rotatable bonds is 2. The molecule has 1 aromatic heterocycles. The molecule has 1 atom stereocenters. The largest absolute Gasteiger partial charge is 0.349 e. The lowest BCUT2D eigenvalue weighted by Crippen LogP contribution is -2.43. The maximum atomic E-state index is 12.0. The normalized spacial score (nSPS) is 19.7. The Hall–Kier alpha value is -1.17. The maximum absolute atomic E-state index is 12.0. The summed E-state index contributed by atoms with van der Waals surface area (Å²) in [6.07, 6.45) is 5.42. The number of aromatic nitrogens is 2. The average Bonchev–Trinajstić information content (AvgIpc) is 2.38. The van der Waals surface area contributed by atoms with Crippen LogP contribution in [0, 0.1) is 5.92 Å². The first-order valence-corrected chi connectivity index (χ1v) is 6.81. The van der Waals surface area contributed by atoms with Crippen LogP contribution in [0.25, 0.3) is 0 Å². The SMILES string of the molecule is CN(C)C(=O)C1CCCN(c2ncc(Br)cn2)C1. The molecule has 2 rings (SSSR count). The summed E-state index contributed by atoms with van der Waals surface area (Å²) in [4.78, 5) is 24.3. The van der Waals surface area contributed by atoms with E-state index in [2.05, 4.69) is 30.8 Å². The minimum absolute atomic E-state index is 0.0565. The molecule has 5 nitrogen and oxygen atoms in total. The van der Waals surface area contributed by atoms with E-state index in [0.717, 1.165) is 23.9 Å². The van der Waals surface area contributed by atoms with Crippen LogP contribution in [-0.2, 0) is 4.79 Å². The Balaban J connectivity index is 2.07. The zero-order valence-corrected chi connectivity index (χ0v) is 12.2. The third kappa shape index (κ3) is 2.98. The van der Waals surface area contributed by atoms with Crippen molar-refractivity contribution >= 4 is 27.8 Å². The van der Waals surface area contributed by atoms with Crippen molar-refractivity contribution < 1.29 is 4.79 Å². The van der Waals surface area contributed by atoms with Crippen LogP contribution in [0.3, 0.4) is 0 Å². The van der Waals surface area contributed by atoms with Crippen molar-refractivity contribution in [3.8, 4) is 0 Å². The smallest absolute Gasteiger partial charge is 0.226 e. The van der Waals surface area contributed by atoms with Crippen molar-refractivity contribution in [3.63, 3.8) is 0 Å². The van der Waals surface area contributed by atoms with E-state index >= 15 is 0 Å². The second kappa shape index (κ2) is 5.65. The molecule has 0 aromatic carbocycles. The average molecular weight is 313 g/mol. The Morgan fingerprint density at radius 2 is 2.11 bits per heavy atom.